The quantitative estimate of drug-likeness (QED) is 0.571. The number of aliphatic hydroxyl groups excluding tert-OH is 1. The van der Waals surface area contributed by atoms with E-state index in [1.165, 1.54) is 0 Å². The van der Waals surface area contributed by atoms with Crippen molar-refractivity contribution in [2.45, 2.75) is 50.6 Å². The number of unbranched alkanes of at least 4 members (excludes halogenated alkanes) is 1. The zero-order valence-electron chi connectivity index (χ0n) is 8.75. The summed E-state index contributed by atoms with van der Waals surface area (Å²) in [5, 5.41) is 11.8. The Labute approximate surface area is 84.9 Å². The molecule has 0 heterocycles. The van der Waals surface area contributed by atoms with E-state index in [0.29, 0.717) is 0 Å². The second-order valence-corrected chi connectivity index (χ2v) is 4.18. The first-order chi connectivity index (χ1) is 6.63. The van der Waals surface area contributed by atoms with Crippen LogP contribution in [0.5, 0.6) is 0 Å². The number of aliphatic hydroxyl groups is 1. The van der Waals surface area contributed by atoms with Gasteiger partial charge in [-0.25, -0.2) is 0 Å². The molecule has 0 aromatic carbocycles. The van der Waals surface area contributed by atoms with Crippen LogP contribution >= 0.6 is 0 Å². The average molecular weight is 200 g/mol. The SMILES string of the molecule is CCCCC(N)C(=O)NC1(CO)CC1. The van der Waals surface area contributed by atoms with Gasteiger partial charge in [-0.05, 0) is 19.3 Å². The van der Waals surface area contributed by atoms with Crippen LogP contribution in [-0.4, -0.2) is 29.2 Å². The van der Waals surface area contributed by atoms with E-state index in [4.69, 9.17) is 10.8 Å². The minimum Gasteiger partial charge on any atom is -0.394 e. The predicted molar refractivity (Wildman–Crippen MR) is 54.7 cm³/mol. The molecule has 0 radical (unpaired) electrons. The van der Waals surface area contributed by atoms with Crippen LogP contribution < -0.4 is 11.1 Å². The molecule has 1 atom stereocenters. The first-order valence-corrected chi connectivity index (χ1v) is 5.32. The number of rotatable bonds is 6. The predicted octanol–water partition coefficient (Wildman–Crippen LogP) is 0.145. The van der Waals surface area contributed by atoms with E-state index in [1.807, 2.05) is 0 Å². The van der Waals surface area contributed by atoms with E-state index < -0.39 is 6.04 Å². The molecule has 1 aliphatic carbocycles. The number of carbonyl (C=O) groups is 1. The van der Waals surface area contributed by atoms with Gasteiger partial charge in [0.15, 0.2) is 0 Å². The molecule has 0 saturated heterocycles. The Balaban J connectivity index is 2.27. The van der Waals surface area contributed by atoms with Crippen molar-refractivity contribution < 1.29 is 9.90 Å². The van der Waals surface area contributed by atoms with Gasteiger partial charge in [-0.1, -0.05) is 19.8 Å². The van der Waals surface area contributed by atoms with Crippen molar-refractivity contribution in [1.29, 1.82) is 0 Å². The van der Waals surface area contributed by atoms with Gasteiger partial charge in [0.25, 0.3) is 0 Å². The van der Waals surface area contributed by atoms with E-state index in [-0.39, 0.29) is 18.1 Å². The molecule has 1 unspecified atom stereocenters. The summed E-state index contributed by atoms with van der Waals surface area (Å²) in [4.78, 5) is 11.5. The van der Waals surface area contributed by atoms with Crippen LogP contribution in [0, 0.1) is 0 Å². The largest absolute Gasteiger partial charge is 0.394 e. The highest BCUT2D eigenvalue weighted by Crippen LogP contribution is 2.34. The summed E-state index contributed by atoms with van der Waals surface area (Å²) in [7, 11) is 0. The Bertz CT molecular complexity index is 202. The highest BCUT2D eigenvalue weighted by Gasteiger charge is 2.43. The molecule has 1 amide bonds. The summed E-state index contributed by atoms with van der Waals surface area (Å²) >= 11 is 0. The standard InChI is InChI=1S/C10H20N2O2/c1-2-3-4-8(11)9(14)12-10(7-13)5-6-10/h8,13H,2-7,11H2,1H3,(H,12,14). The maximum absolute atomic E-state index is 11.5. The molecule has 1 rings (SSSR count). The molecule has 4 nitrogen and oxygen atoms in total. The fourth-order valence-electron chi connectivity index (χ4n) is 1.38. The lowest BCUT2D eigenvalue weighted by Crippen LogP contribution is -2.48. The zero-order chi connectivity index (χ0) is 10.6. The molecule has 1 fully saturated rings. The van der Waals surface area contributed by atoms with Gasteiger partial charge in [0.05, 0.1) is 18.2 Å². The van der Waals surface area contributed by atoms with Crippen LogP contribution in [0.1, 0.15) is 39.0 Å². The van der Waals surface area contributed by atoms with Crippen LogP contribution in [-0.2, 0) is 4.79 Å². The third-order valence-corrected chi connectivity index (χ3v) is 2.75. The van der Waals surface area contributed by atoms with Crippen LogP contribution in [0.15, 0.2) is 0 Å². The van der Waals surface area contributed by atoms with Gasteiger partial charge >= 0.3 is 0 Å². The molecule has 4 heteroatoms. The van der Waals surface area contributed by atoms with Crippen molar-refractivity contribution in [3.05, 3.63) is 0 Å². The summed E-state index contributed by atoms with van der Waals surface area (Å²) in [6, 6.07) is -0.418. The summed E-state index contributed by atoms with van der Waals surface area (Å²) in [6.45, 7) is 2.10. The second kappa shape index (κ2) is 4.75. The number of hydrogen-bond donors (Lipinski definition) is 3. The van der Waals surface area contributed by atoms with Crippen LogP contribution in [0.25, 0.3) is 0 Å². The molecule has 1 saturated carbocycles. The molecule has 4 N–H and O–H groups in total. The summed E-state index contributed by atoms with van der Waals surface area (Å²) in [5.74, 6) is -0.120. The van der Waals surface area contributed by atoms with Gasteiger partial charge in [-0.3, -0.25) is 4.79 Å². The van der Waals surface area contributed by atoms with Gasteiger partial charge in [0.2, 0.25) is 5.91 Å². The molecule has 0 bridgehead atoms. The zero-order valence-corrected chi connectivity index (χ0v) is 8.75. The Hall–Kier alpha value is -0.610. The first kappa shape index (κ1) is 11.5. The Kier molecular flexibility index (Phi) is 3.89. The average Bonchev–Trinajstić information content (AvgIpc) is 2.94. The smallest absolute Gasteiger partial charge is 0.237 e. The van der Waals surface area contributed by atoms with Crippen molar-refractivity contribution >= 4 is 5.91 Å². The summed E-state index contributed by atoms with van der Waals surface area (Å²) in [6.07, 6.45) is 4.49. The highest BCUT2D eigenvalue weighted by molar-refractivity contribution is 5.82. The molecule has 0 spiro atoms. The molecule has 0 aromatic rings. The van der Waals surface area contributed by atoms with Gasteiger partial charge in [-0.15, -0.1) is 0 Å². The topological polar surface area (TPSA) is 75.4 Å². The summed E-state index contributed by atoms with van der Waals surface area (Å²) < 4.78 is 0. The summed E-state index contributed by atoms with van der Waals surface area (Å²) in [5.41, 5.74) is 5.37. The van der Waals surface area contributed by atoms with Crippen molar-refractivity contribution in [3.8, 4) is 0 Å². The number of amides is 1. The van der Waals surface area contributed by atoms with Gasteiger partial charge in [-0.2, -0.15) is 0 Å². The third-order valence-electron chi connectivity index (χ3n) is 2.75. The van der Waals surface area contributed by atoms with Gasteiger partial charge in [0.1, 0.15) is 0 Å². The van der Waals surface area contributed by atoms with Crippen LogP contribution in [0.4, 0.5) is 0 Å². The molecule has 1 aliphatic rings. The molecular weight excluding hydrogens is 180 g/mol. The lowest BCUT2D eigenvalue weighted by molar-refractivity contribution is -0.123. The Morgan fingerprint density at radius 1 is 1.64 bits per heavy atom. The minimum atomic E-state index is -0.418. The Morgan fingerprint density at radius 3 is 2.71 bits per heavy atom. The van der Waals surface area contributed by atoms with Gasteiger partial charge < -0.3 is 16.2 Å². The fourth-order valence-corrected chi connectivity index (χ4v) is 1.38. The fraction of sp³-hybridized carbons (Fsp3) is 0.900. The van der Waals surface area contributed by atoms with Crippen molar-refractivity contribution in [2.75, 3.05) is 6.61 Å². The van der Waals surface area contributed by atoms with Crippen molar-refractivity contribution in [1.82, 2.24) is 5.32 Å². The maximum atomic E-state index is 11.5. The molecule has 82 valence electrons. The number of nitrogens with one attached hydrogen (secondary N) is 1. The molecular formula is C10H20N2O2. The lowest BCUT2D eigenvalue weighted by atomic mass is 10.1. The third kappa shape index (κ3) is 2.96. The molecule has 0 aliphatic heterocycles. The maximum Gasteiger partial charge on any atom is 0.237 e. The number of nitrogens with two attached hydrogens (primary N) is 1. The highest BCUT2D eigenvalue weighted by atomic mass is 16.3. The Morgan fingerprint density at radius 2 is 2.29 bits per heavy atom. The van der Waals surface area contributed by atoms with E-state index in [1.54, 1.807) is 0 Å². The molecule has 0 aromatic heterocycles. The first-order valence-electron chi connectivity index (χ1n) is 5.32. The second-order valence-electron chi connectivity index (χ2n) is 4.18. The van der Waals surface area contributed by atoms with Crippen molar-refractivity contribution in [3.63, 3.8) is 0 Å². The van der Waals surface area contributed by atoms with E-state index in [9.17, 15) is 4.79 Å². The molecule has 14 heavy (non-hydrogen) atoms. The lowest BCUT2D eigenvalue weighted by Gasteiger charge is -2.17. The van der Waals surface area contributed by atoms with Crippen molar-refractivity contribution in [2.24, 2.45) is 5.73 Å². The number of carbonyl (C=O) groups excluding carboxylic acids is 1. The minimum absolute atomic E-state index is 0.0270. The number of hydrogen-bond acceptors (Lipinski definition) is 3. The van der Waals surface area contributed by atoms with E-state index in [2.05, 4.69) is 12.2 Å². The van der Waals surface area contributed by atoms with E-state index in [0.717, 1.165) is 32.1 Å². The van der Waals surface area contributed by atoms with Crippen LogP contribution in [0.3, 0.4) is 0 Å². The normalized spacial score (nSPS) is 20.2. The van der Waals surface area contributed by atoms with E-state index >= 15 is 0 Å². The van der Waals surface area contributed by atoms with Gasteiger partial charge in [0, 0.05) is 0 Å². The monoisotopic (exact) mass is 200 g/mol. The van der Waals surface area contributed by atoms with Crippen LogP contribution in [0.2, 0.25) is 0 Å².